The first-order valence-electron chi connectivity index (χ1n) is 7.30. The van der Waals surface area contributed by atoms with E-state index >= 15 is 0 Å². The molecule has 0 spiro atoms. The van der Waals surface area contributed by atoms with Gasteiger partial charge >= 0.3 is 23.9 Å². The predicted molar refractivity (Wildman–Crippen MR) is 84.1 cm³/mol. The number of carbonyl (C=O) groups is 4. The zero-order valence-electron chi connectivity index (χ0n) is 14.2. The van der Waals surface area contributed by atoms with Crippen molar-refractivity contribution in [2.45, 2.75) is 26.4 Å². The molecule has 0 aliphatic carbocycles. The lowest BCUT2D eigenvalue weighted by Crippen LogP contribution is -2.28. The molecule has 0 aromatic heterocycles. The van der Waals surface area contributed by atoms with Gasteiger partial charge in [-0.3, -0.25) is 4.79 Å². The predicted octanol–water partition coefficient (Wildman–Crippen LogP) is 0.0624. The Hall–Kier alpha value is -2.68. The number of aliphatic hydroxyl groups is 1. The van der Waals surface area contributed by atoms with Gasteiger partial charge in [0.1, 0.15) is 26.4 Å². The topological polar surface area (TPSA) is 125 Å². The van der Waals surface area contributed by atoms with E-state index in [0.29, 0.717) is 0 Å². The van der Waals surface area contributed by atoms with E-state index in [4.69, 9.17) is 4.74 Å². The summed E-state index contributed by atoms with van der Waals surface area (Å²) in [4.78, 5) is 45.0. The summed E-state index contributed by atoms with van der Waals surface area (Å²) in [7, 11) is 0. The Balaban J connectivity index is 3.89. The minimum atomic E-state index is -1.72. The SMILES string of the molecule is C=C(C)C(=O)OCCOC(=O)CC(O)C(=O)OCCOC(=O)C(=C)C. The lowest BCUT2D eigenvalue weighted by Gasteiger charge is -2.11. The van der Waals surface area contributed by atoms with E-state index in [1.807, 2.05) is 0 Å². The molecule has 0 aliphatic heterocycles. The van der Waals surface area contributed by atoms with Crippen LogP contribution in [0.1, 0.15) is 20.3 Å². The molecule has 1 N–H and O–H groups in total. The fourth-order valence-corrected chi connectivity index (χ4v) is 1.21. The van der Waals surface area contributed by atoms with E-state index in [2.05, 4.69) is 27.4 Å². The second-order valence-corrected chi connectivity index (χ2v) is 4.94. The first-order chi connectivity index (χ1) is 11.6. The molecular formula is C16H22O9. The van der Waals surface area contributed by atoms with Crippen LogP contribution in [0.3, 0.4) is 0 Å². The third-order valence-electron chi connectivity index (χ3n) is 2.47. The van der Waals surface area contributed by atoms with Crippen molar-refractivity contribution in [2.75, 3.05) is 26.4 Å². The van der Waals surface area contributed by atoms with Crippen LogP contribution in [0.5, 0.6) is 0 Å². The first kappa shape index (κ1) is 22.3. The largest absolute Gasteiger partial charge is 0.462 e. The number of hydrogen-bond donors (Lipinski definition) is 1. The van der Waals surface area contributed by atoms with Crippen molar-refractivity contribution in [1.29, 1.82) is 0 Å². The second-order valence-electron chi connectivity index (χ2n) is 4.94. The summed E-state index contributed by atoms with van der Waals surface area (Å²) in [6.07, 6.45) is -2.35. The molecule has 9 nitrogen and oxygen atoms in total. The Morgan fingerprint density at radius 3 is 1.64 bits per heavy atom. The quantitative estimate of drug-likeness (QED) is 0.236. The zero-order valence-corrected chi connectivity index (χ0v) is 14.2. The molecule has 25 heavy (non-hydrogen) atoms. The van der Waals surface area contributed by atoms with Gasteiger partial charge in [0.05, 0.1) is 6.42 Å². The standard InChI is InChI=1S/C16H22O9/c1-10(2)14(19)23-6-5-22-13(18)9-12(17)16(21)25-8-7-24-15(20)11(3)4/h12,17H,1,3,5-9H2,2,4H3. The molecule has 1 atom stereocenters. The number of rotatable bonds is 11. The molecule has 0 bridgehead atoms. The van der Waals surface area contributed by atoms with Crippen LogP contribution in [0, 0.1) is 0 Å². The monoisotopic (exact) mass is 358 g/mol. The lowest BCUT2D eigenvalue weighted by atomic mass is 10.2. The van der Waals surface area contributed by atoms with Crippen LogP contribution in [-0.2, 0) is 38.1 Å². The normalized spacial score (nSPS) is 11.0. The van der Waals surface area contributed by atoms with E-state index in [1.165, 1.54) is 13.8 Å². The van der Waals surface area contributed by atoms with Gasteiger partial charge < -0.3 is 24.1 Å². The molecule has 0 heterocycles. The van der Waals surface area contributed by atoms with Crippen LogP contribution in [0.15, 0.2) is 24.3 Å². The highest BCUT2D eigenvalue weighted by Crippen LogP contribution is 1.99. The van der Waals surface area contributed by atoms with Crippen molar-refractivity contribution >= 4 is 23.9 Å². The summed E-state index contributed by atoms with van der Waals surface area (Å²) in [5.74, 6) is -3.18. The molecule has 0 saturated carbocycles. The van der Waals surface area contributed by atoms with Gasteiger partial charge in [-0.2, -0.15) is 0 Å². The van der Waals surface area contributed by atoms with Gasteiger partial charge in [0.25, 0.3) is 0 Å². The van der Waals surface area contributed by atoms with Gasteiger partial charge in [0.15, 0.2) is 6.10 Å². The Morgan fingerprint density at radius 2 is 1.20 bits per heavy atom. The fourth-order valence-electron chi connectivity index (χ4n) is 1.21. The molecule has 0 amide bonds. The van der Waals surface area contributed by atoms with Crippen LogP contribution in [0.4, 0.5) is 0 Å². The summed E-state index contributed by atoms with van der Waals surface area (Å²) >= 11 is 0. The second kappa shape index (κ2) is 11.8. The Kier molecular flexibility index (Phi) is 10.5. The maximum absolute atomic E-state index is 11.4. The average Bonchev–Trinajstić information content (AvgIpc) is 2.54. The maximum atomic E-state index is 11.4. The molecule has 0 aromatic rings. The summed E-state index contributed by atoms with van der Waals surface area (Å²) in [6.45, 7) is 8.80. The Morgan fingerprint density at radius 1 is 0.800 bits per heavy atom. The first-order valence-corrected chi connectivity index (χ1v) is 7.30. The number of esters is 4. The Bertz CT molecular complexity index is 536. The average molecular weight is 358 g/mol. The molecule has 0 saturated heterocycles. The van der Waals surface area contributed by atoms with Gasteiger partial charge in [-0.25, -0.2) is 14.4 Å². The molecule has 9 heteroatoms. The molecule has 1 unspecified atom stereocenters. The minimum Gasteiger partial charge on any atom is -0.462 e. The van der Waals surface area contributed by atoms with Crippen LogP contribution >= 0.6 is 0 Å². The summed E-state index contributed by atoms with van der Waals surface area (Å²) < 4.78 is 18.7. The lowest BCUT2D eigenvalue weighted by molar-refractivity contribution is -0.163. The number of hydrogen-bond acceptors (Lipinski definition) is 9. The highest BCUT2D eigenvalue weighted by molar-refractivity contribution is 5.87. The van der Waals surface area contributed by atoms with Gasteiger partial charge in [-0.05, 0) is 13.8 Å². The number of aliphatic hydroxyl groups excluding tert-OH is 1. The van der Waals surface area contributed by atoms with Gasteiger partial charge in [0.2, 0.25) is 0 Å². The smallest absolute Gasteiger partial charge is 0.335 e. The third kappa shape index (κ3) is 10.7. The highest BCUT2D eigenvalue weighted by atomic mass is 16.6. The molecule has 0 fully saturated rings. The number of carbonyl (C=O) groups excluding carboxylic acids is 4. The van der Waals surface area contributed by atoms with Gasteiger partial charge in [-0.15, -0.1) is 0 Å². The summed E-state index contributed by atoms with van der Waals surface area (Å²) in [6, 6.07) is 0. The third-order valence-corrected chi connectivity index (χ3v) is 2.47. The van der Waals surface area contributed by atoms with Gasteiger partial charge in [0, 0.05) is 11.1 Å². The van der Waals surface area contributed by atoms with Crippen LogP contribution < -0.4 is 0 Å². The molecule has 0 radical (unpaired) electrons. The van der Waals surface area contributed by atoms with E-state index in [0.717, 1.165) is 0 Å². The van der Waals surface area contributed by atoms with Crippen molar-refractivity contribution < 1.29 is 43.2 Å². The van der Waals surface area contributed by atoms with E-state index < -0.39 is 36.4 Å². The number of ether oxygens (including phenoxy) is 4. The Labute approximate surface area is 145 Å². The fraction of sp³-hybridized carbons (Fsp3) is 0.500. The summed E-state index contributed by atoms with van der Waals surface area (Å²) in [5, 5.41) is 9.51. The molecule has 0 rings (SSSR count). The van der Waals surface area contributed by atoms with Crippen LogP contribution in [0.25, 0.3) is 0 Å². The van der Waals surface area contributed by atoms with E-state index in [-0.39, 0.29) is 37.6 Å². The van der Waals surface area contributed by atoms with Crippen molar-refractivity contribution in [1.82, 2.24) is 0 Å². The van der Waals surface area contributed by atoms with Gasteiger partial charge in [-0.1, -0.05) is 13.2 Å². The minimum absolute atomic E-state index is 0.175. The van der Waals surface area contributed by atoms with Crippen molar-refractivity contribution in [3.05, 3.63) is 24.3 Å². The van der Waals surface area contributed by atoms with E-state index in [9.17, 15) is 24.3 Å². The summed E-state index contributed by atoms with van der Waals surface area (Å²) in [5.41, 5.74) is 0.404. The van der Waals surface area contributed by atoms with Crippen molar-refractivity contribution in [3.63, 3.8) is 0 Å². The molecular weight excluding hydrogens is 336 g/mol. The highest BCUT2D eigenvalue weighted by Gasteiger charge is 2.21. The molecule has 0 aliphatic rings. The molecule has 0 aromatic carbocycles. The van der Waals surface area contributed by atoms with Crippen molar-refractivity contribution in [3.8, 4) is 0 Å². The van der Waals surface area contributed by atoms with Crippen molar-refractivity contribution in [2.24, 2.45) is 0 Å². The van der Waals surface area contributed by atoms with Crippen LogP contribution in [0.2, 0.25) is 0 Å². The zero-order chi connectivity index (χ0) is 19.4. The maximum Gasteiger partial charge on any atom is 0.335 e. The van der Waals surface area contributed by atoms with Crippen LogP contribution in [-0.4, -0.2) is 61.5 Å². The van der Waals surface area contributed by atoms with E-state index in [1.54, 1.807) is 0 Å². The molecule has 140 valence electrons.